The zero-order valence-corrected chi connectivity index (χ0v) is 14.5. The predicted molar refractivity (Wildman–Crippen MR) is 92.6 cm³/mol. The topological polar surface area (TPSA) is 94.0 Å². The minimum Gasteiger partial charge on any atom is -0.494 e. The van der Waals surface area contributed by atoms with Crippen LogP contribution in [0.3, 0.4) is 0 Å². The van der Waals surface area contributed by atoms with Crippen molar-refractivity contribution in [1.82, 2.24) is 25.3 Å². The van der Waals surface area contributed by atoms with E-state index in [0.29, 0.717) is 5.69 Å². The summed E-state index contributed by atoms with van der Waals surface area (Å²) in [6, 6.07) is 6.05. The molecular formula is C17H16F2N6O2. The predicted octanol–water partition coefficient (Wildman–Crippen LogP) is 2.17. The van der Waals surface area contributed by atoms with Crippen LogP contribution in [0.2, 0.25) is 0 Å². The fraction of sp³-hybridized carbons (Fsp3) is 0.176. The maximum Gasteiger partial charge on any atom is 0.274 e. The van der Waals surface area contributed by atoms with Crippen molar-refractivity contribution in [3.05, 3.63) is 59.6 Å². The molecular weight excluding hydrogens is 358 g/mol. The van der Waals surface area contributed by atoms with E-state index in [2.05, 4.69) is 25.8 Å². The molecule has 0 atom stereocenters. The summed E-state index contributed by atoms with van der Waals surface area (Å²) in [5.41, 5.74) is 0.758. The van der Waals surface area contributed by atoms with Crippen molar-refractivity contribution in [2.24, 2.45) is 7.05 Å². The summed E-state index contributed by atoms with van der Waals surface area (Å²) < 4.78 is 31.8. The first-order chi connectivity index (χ1) is 12.9. The Hall–Kier alpha value is -3.56. The molecule has 2 N–H and O–H groups in total. The highest BCUT2D eigenvalue weighted by Gasteiger charge is 2.16. The van der Waals surface area contributed by atoms with Gasteiger partial charge in [0.05, 0.1) is 19.9 Å². The van der Waals surface area contributed by atoms with Gasteiger partial charge in [0.1, 0.15) is 28.9 Å². The number of carbonyl (C=O) groups is 1. The summed E-state index contributed by atoms with van der Waals surface area (Å²) in [4.78, 5) is 18.0. The minimum absolute atomic E-state index is 0.0169. The number of aryl methyl sites for hydroxylation is 1. The zero-order valence-electron chi connectivity index (χ0n) is 14.5. The van der Waals surface area contributed by atoms with Crippen LogP contribution in [0.25, 0.3) is 0 Å². The van der Waals surface area contributed by atoms with Crippen LogP contribution in [0.1, 0.15) is 16.2 Å². The third kappa shape index (κ3) is 4.54. The van der Waals surface area contributed by atoms with Gasteiger partial charge in [-0.2, -0.15) is 15.0 Å². The second-order valence-electron chi connectivity index (χ2n) is 5.54. The largest absolute Gasteiger partial charge is 0.494 e. The lowest BCUT2D eigenvalue weighted by atomic mass is 10.2. The van der Waals surface area contributed by atoms with Crippen molar-refractivity contribution in [3.63, 3.8) is 0 Å². The molecule has 0 unspecified atom stereocenters. The number of anilines is 2. The lowest BCUT2D eigenvalue weighted by Gasteiger charge is -2.11. The maximum absolute atomic E-state index is 13.3. The van der Waals surface area contributed by atoms with E-state index in [9.17, 15) is 13.6 Å². The molecule has 0 bridgehead atoms. The van der Waals surface area contributed by atoms with Crippen molar-refractivity contribution in [2.45, 2.75) is 6.54 Å². The molecule has 8 nitrogen and oxygen atoms in total. The smallest absolute Gasteiger partial charge is 0.274 e. The van der Waals surface area contributed by atoms with Gasteiger partial charge in [0, 0.05) is 18.8 Å². The summed E-state index contributed by atoms with van der Waals surface area (Å²) in [6.45, 7) is 0.157. The van der Waals surface area contributed by atoms with E-state index in [1.165, 1.54) is 30.2 Å². The number of pyridine rings is 1. The number of nitrogens with one attached hydrogen (secondary N) is 2. The number of amides is 1. The zero-order chi connectivity index (χ0) is 19.4. The van der Waals surface area contributed by atoms with Crippen molar-refractivity contribution in [1.29, 1.82) is 0 Å². The standard InChI is InChI=1S/C17H16F2N6O2/c1-25-21-9-13(24-25)8-20-17(26)16-14(27-2)3-4-15(23-16)22-12-6-10(18)5-11(19)7-12/h3-7,9H,8H2,1-2H3,(H,20,26)(H,22,23). The van der Waals surface area contributed by atoms with E-state index in [-0.39, 0.29) is 29.5 Å². The molecule has 2 aromatic heterocycles. The number of hydrogen-bond acceptors (Lipinski definition) is 6. The molecule has 10 heteroatoms. The highest BCUT2D eigenvalue weighted by atomic mass is 19.1. The number of aromatic nitrogens is 4. The highest BCUT2D eigenvalue weighted by Crippen LogP contribution is 2.22. The van der Waals surface area contributed by atoms with Crippen molar-refractivity contribution >= 4 is 17.4 Å². The van der Waals surface area contributed by atoms with Gasteiger partial charge in [-0.3, -0.25) is 4.79 Å². The third-order valence-corrected chi connectivity index (χ3v) is 3.51. The average Bonchev–Trinajstić information content (AvgIpc) is 3.04. The van der Waals surface area contributed by atoms with Crippen LogP contribution in [-0.2, 0) is 13.6 Å². The first-order valence-electron chi connectivity index (χ1n) is 7.86. The molecule has 0 fully saturated rings. The lowest BCUT2D eigenvalue weighted by Crippen LogP contribution is -2.25. The summed E-state index contributed by atoms with van der Waals surface area (Å²) in [6.07, 6.45) is 1.53. The molecule has 1 amide bonds. The number of rotatable bonds is 6. The molecule has 0 aliphatic rings. The molecule has 0 spiro atoms. The molecule has 0 aliphatic heterocycles. The van der Waals surface area contributed by atoms with Crippen LogP contribution in [0.15, 0.2) is 36.5 Å². The first-order valence-corrected chi connectivity index (χ1v) is 7.86. The van der Waals surface area contributed by atoms with Gasteiger partial charge in [-0.25, -0.2) is 13.8 Å². The molecule has 3 aromatic rings. The van der Waals surface area contributed by atoms with E-state index < -0.39 is 17.5 Å². The fourth-order valence-corrected chi connectivity index (χ4v) is 2.34. The highest BCUT2D eigenvalue weighted by molar-refractivity contribution is 5.95. The van der Waals surface area contributed by atoms with Crippen molar-refractivity contribution in [3.8, 4) is 5.75 Å². The van der Waals surface area contributed by atoms with E-state index in [1.807, 2.05) is 0 Å². The summed E-state index contributed by atoms with van der Waals surface area (Å²) in [5.74, 6) is -1.47. The number of benzene rings is 1. The Kier molecular flexibility index (Phi) is 5.25. The second-order valence-corrected chi connectivity index (χ2v) is 5.54. The molecule has 140 valence electrons. The molecule has 3 rings (SSSR count). The van der Waals surface area contributed by atoms with Gasteiger partial charge in [-0.05, 0) is 24.3 Å². The van der Waals surface area contributed by atoms with Crippen LogP contribution >= 0.6 is 0 Å². The SMILES string of the molecule is COc1ccc(Nc2cc(F)cc(F)c2)nc1C(=O)NCc1cnn(C)n1. The van der Waals surface area contributed by atoms with Crippen molar-refractivity contribution < 1.29 is 18.3 Å². The molecule has 0 saturated heterocycles. The Morgan fingerprint density at radius 3 is 2.59 bits per heavy atom. The Labute approximate surface area is 153 Å². The Morgan fingerprint density at radius 2 is 1.96 bits per heavy atom. The number of ether oxygens (including phenoxy) is 1. The average molecular weight is 374 g/mol. The number of carbonyl (C=O) groups excluding carboxylic acids is 1. The number of halogens is 2. The van der Waals surface area contributed by atoms with Gasteiger partial charge in [0.2, 0.25) is 0 Å². The molecule has 2 heterocycles. The Morgan fingerprint density at radius 1 is 1.22 bits per heavy atom. The van der Waals surface area contributed by atoms with Crippen LogP contribution < -0.4 is 15.4 Å². The molecule has 1 aromatic carbocycles. The number of hydrogen-bond donors (Lipinski definition) is 2. The van der Waals surface area contributed by atoms with Crippen LogP contribution in [-0.4, -0.2) is 33.0 Å². The van der Waals surface area contributed by atoms with Crippen LogP contribution in [0, 0.1) is 11.6 Å². The normalized spacial score (nSPS) is 10.5. The quantitative estimate of drug-likeness (QED) is 0.687. The van der Waals surface area contributed by atoms with Gasteiger partial charge in [0.15, 0.2) is 5.69 Å². The van der Waals surface area contributed by atoms with Crippen LogP contribution in [0.5, 0.6) is 5.75 Å². The van der Waals surface area contributed by atoms with Gasteiger partial charge in [0.25, 0.3) is 5.91 Å². The van der Waals surface area contributed by atoms with Crippen LogP contribution in [0.4, 0.5) is 20.3 Å². The summed E-state index contributed by atoms with van der Waals surface area (Å²) in [5, 5.41) is 13.4. The fourth-order valence-electron chi connectivity index (χ4n) is 2.34. The number of nitrogens with zero attached hydrogens (tertiary/aromatic N) is 4. The Bertz CT molecular complexity index is 956. The summed E-state index contributed by atoms with van der Waals surface area (Å²) >= 11 is 0. The van der Waals surface area contributed by atoms with Gasteiger partial charge in [-0.15, -0.1) is 0 Å². The number of methoxy groups -OCH3 is 1. The third-order valence-electron chi connectivity index (χ3n) is 3.51. The molecule has 0 saturated carbocycles. The minimum atomic E-state index is -0.729. The summed E-state index contributed by atoms with van der Waals surface area (Å²) in [7, 11) is 3.08. The lowest BCUT2D eigenvalue weighted by molar-refractivity contribution is 0.0942. The van der Waals surface area contributed by atoms with E-state index in [0.717, 1.165) is 18.2 Å². The van der Waals surface area contributed by atoms with E-state index in [4.69, 9.17) is 4.74 Å². The van der Waals surface area contributed by atoms with Gasteiger partial charge in [-0.1, -0.05) is 0 Å². The Balaban J connectivity index is 1.79. The molecule has 27 heavy (non-hydrogen) atoms. The van der Waals surface area contributed by atoms with Gasteiger partial charge < -0.3 is 15.4 Å². The second kappa shape index (κ2) is 7.77. The maximum atomic E-state index is 13.3. The first kappa shape index (κ1) is 18.2. The van der Waals surface area contributed by atoms with E-state index in [1.54, 1.807) is 7.05 Å². The van der Waals surface area contributed by atoms with E-state index >= 15 is 0 Å². The molecule has 0 aliphatic carbocycles. The van der Waals surface area contributed by atoms with Gasteiger partial charge >= 0.3 is 0 Å². The molecule has 0 radical (unpaired) electrons. The van der Waals surface area contributed by atoms with Crippen molar-refractivity contribution in [2.75, 3.05) is 12.4 Å². The monoisotopic (exact) mass is 374 g/mol.